The third kappa shape index (κ3) is 1.40. The summed E-state index contributed by atoms with van der Waals surface area (Å²) in [5.74, 6) is -0.332. The maximum Gasteiger partial charge on any atom is 0.421 e. The van der Waals surface area contributed by atoms with E-state index in [1.807, 2.05) is 0 Å². The van der Waals surface area contributed by atoms with Crippen molar-refractivity contribution in [1.29, 1.82) is 0 Å². The Morgan fingerprint density at radius 1 is 1.44 bits per heavy atom. The van der Waals surface area contributed by atoms with Crippen LogP contribution in [0.25, 0.3) is 10.9 Å². The lowest BCUT2D eigenvalue weighted by Crippen LogP contribution is -2.27. The fourth-order valence-electron chi connectivity index (χ4n) is 1.35. The number of phenolic OH excluding ortho intramolecular Hbond substituents is 1. The SMILES string of the molecule is O=C(O)n1c(Cl)nc2cccc(O)c2c1=O. The molecule has 0 aliphatic rings. The van der Waals surface area contributed by atoms with Crippen LogP contribution in [0.4, 0.5) is 4.79 Å². The number of fused-ring (bicyclic) bond motifs is 1. The van der Waals surface area contributed by atoms with Crippen LogP contribution in [-0.4, -0.2) is 25.9 Å². The summed E-state index contributed by atoms with van der Waals surface area (Å²) in [6, 6.07) is 4.20. The van der Waals surface area contributed by atoms with Gasteiger partial charge in [0.2, 0.25) is 5.28 Å². The molecule has 0 saturated carbocycles. The Morgan fingerprint density at radius 3 is 2.75 bits per heavy atom. The summed E-state index contributed by atoms with van der Waals surface area (Å²) < 4.78 is 0.267. The highest BCUT2D eigenvalue weighted by molar-refractivity contribution is 6.29. The van der Waals surface area contributed by atoms with Crippen molar-refractivity contribution >= 4 is 28.6 Å². The first-order valence-electron chi connectivity index (χ1n) is 4.16. The Morgan fingerprint density at radius 2 is 2.12 bits per heavy atom. The van der Waals surface area contributed by atoms with Gasteiger partial charge in [0.15, 0.2) is 0 Å². The largest absolute Gasteiger partial charge is 0.507 e. The van der Waals surface area contributed by atoms with Gasteiger partial charge in [-0.05, 0) is 23.7 Å². The fraction of sp³-hybridized carbons (Fsp3) is 0. The van der Waals surface area contributed by atoms with E-state index in [9.17, 15) is 14.7 Å². The number of phenols is 1. The van der Waals surface area contributed by atoms with E-state index in [-0.39, 0.29) is 21.2 Å². The van der Waals surface area contributed by atoms with Gasteiger partial charge in [0, 0.05) is 0 Å². The van der Waals surface area contributed by atoms with Crippen LogP contribution in [0.15, 0.2) is 23.0 Å². The molecule has 2 rings (SSSR count). The summed E-state index contributed by atoms with van der Waals surface area (Å²) in [6.45, 7) is 0. The number of benzene rings is 1. The number of nitrogens with zero attached hydrogens (tertiary/aromatic N) is 2. The zero-order valence-corrected chi connectivity index (χ0v) is 8.47. The lowest BCUT2D eigenvalue weighted by atomic mass is 10.2. The molecule has 0 bridgehead atoms. The highest BCUT2D eigenvalue weighted by atomic mass is 35.5. The number of carboxylic acid groups (broad SMARTS) is 1. The van der Waals surface area contributed by atoms with Crippen LogP contribution in [0.2, 0.25) is 5.28 Å². The Balaban J connectivity index is 3.03. The number of aromatic hydroxyl groups is 1. The average molecular weight is 241 g/mol. The standard InChI is InChI=1S/C9H5ClN2O4/c10-8-11-4-2-1-3-5(13)6(4)7(14)12(8)9(15)16/h1-3,13H,(H,15,16). The molecule has 0 atom stereocenters. The number of hydrogen-bond acceptors (Lipinski definition) is 4. The van der Waals surface area contributed by atoms with Crippen LogP contribution >= 0.6 is 11.6 Å². The number of carbonyl (C=O) groups is 1. The maximum atomic E-state index is 11.7. The van der Waals surface area contributed by atoms with Crippen molar-refractivity contribution in [3.05, 3.63) is 33.8 Å². The van der Waals surface area contributed by atoms with Gasteiger partial charge in [-0.1, -0.05) is 6.07 Å². The fourth-order valence-corrected chi connectivity index (χ4v) is 1.59. The lowest BCUT2D eigenvalue weighted by molar-refractivity contribution is 0.195. The van der Waals surface area contributed by atoms with E-state index in [2.05, 4.69) is 4.98 Å². The molecule has 82 valence electrons. The molecule has 0 saturated heterocycles. The molecule has 0 radical (unpaired) electrons. The Labute approximate surface area is 93.3 Å². The third-order valence-corrected chi connectivity index (χ3v) is 2.28. The second-order valence-electron chi connectivity index (χ2n) is 2.98. The summed E-state index contributed by atoms with van der Waals surface area (Å²) >= 11 is 5.55. The van der Waals surface area contributed by atoms with Gasteiger partial charge in [-0.25, -0.2) is 9.78 Å². The van der Waals surface area contributed by atoms with Gasteiger partial charge in [0.05, 0.1) is 5.52 Å². The van der Waals surface area contributed by atoms with Crippen molar-refractivity contribution in [2.45, 2.75) is 0 Å². The summed E-state index contributed by atoms with van der Waals surface area (Å²) in [5.41, 5.74) is -0.770. The second-order valence-corrected chi connectivity index (χ2v) is 3.31. The van der Waals surface area contributed by atoms with Gasteiger partial charge in [-0.15, -0.1) is 0 Å². The smallest absolute Gasteiger partial charge is 0.421 e. The molecule has 1 aromatic heterocycles. The van der Waals surface area contributed by atoms with Crippen molar-refractivity contribution in [2.75, 3.05) is 0 Å². The van der Waals surface area contributed by atoms with E-state index >= 15 is 0 Å². The summed E-state index contributed by atoms with van der Waals surface area (Å²) in [7, 11) is 0. The molecular formula is C9H5ClN2O4. The third-order valence-electron chi connectivity index (χ3n) is 2.03. The Hall–Kier alpha value is -2.08. The quantitative estimate of drug-likeness (QED) is 0.677. The Kier molecular flexibility index (Phi) is 2.28. The Bertz CT molecular complexity index is 650. The number of hydrogen-bond donors (Lipinski definition) is 2. The molecule has 0 spiro atoms. The van der Waals surface area contributed by atoms with Crippen LogP contribution in [0.1, 0.15) is 0 Å². The highest BCUT2D eigenvalue weighted by Gasteiger charge is 2.16. The predicted octanol–water partition coefficient (Wildman–Crippen LogP) is 1.28. The zero-order valence-electron chi connectivity index (χ0n) is 7.72. The van der Waals surface area contributed by atoms with E-state index in [4.69, 9.17) is 16.7 Å². The summed E-state index contributed by atoms with van der Waals surface area (Å²) in [4.78, 5) is 26.2. The van der Waals surface area contributed by atoms with Gasteiger partial charge in [-0.2, -0.15) is 4.57 Å². The van der Waals surface area contributed by atoms with E-state index in [0.29, 0.717) is 0 Å². The minimum Gasteiger partial charge on any atom is -0.507 e. The van der Waals surface area contributed by atoms with E-state index in [0.717, 1.165) is 0 Å². The van der Waals surface area contributed by atoms with Crippen molar-refractivity contribution in [3.63, 3.8) is 0 Å². The van der Waals surface area contributed by atoms with Gasteiger partial charge >= 0.3 is 6.09 Å². The molecular weight excluding hydrogens is 236 g/mol. The summed E-state index contributed by atoms with van der Waals surface area (Å²) in [6.07, 6.45) is -1.55. The van der Waals surface area contributed by atoms with Crippen LogP contribution in [-0.2, 0) is 0 Å². The maximum absolute atomic E-state index is 11.7. The molecule has 0 amide bonds. The first-order chi connectivity index (χ1) is 7.52. The minimum absolute atomic E-state index is 0.146. The molecule has 1 aromatic carbocycles. The van der Waals surface area contributed by atoms with E-state index in [1.165, 1.54) is 18.2 Å². The average Bonchev–Trinajstić information content (AvgIpc) is 2.15. The van der Waals surface area contributed by atoms with Crippen LogP contribution in [0.3, 0.4) is 0 Å². The summed E-state index contributed by atoms with van der Waals surface area (Å²) in [5, 5.41) is 17.6. The normalized spacial score (nSPS) is 10.6. The van der Waals surface area contributed by atoms with Crippen LogP contribution in [0.5, 0.6) is 5.75 Å². The molecule has 0 fully saturated rings. The predicted molar refractivity (Wildman–Crippen MR) is 56.1 cm³/mol. The van der Waals surface area contributed by atoms with E-state index < -0.39 is 16.9 Å². The number of aromatic nitrogens is 2. The van der Waals surface area contributed by atoms with Crippen LogP contribution in [0, 0.1) is 0 Å². The molecule has 2 N–H and O–H groups in total. The molecule has 0 unspecified atom stereocenters. The van der Waals surface area contributed by atoms with Crippen molar-refractivity contribution < 1.29 is 15.0 Å². The van der Waals surface area contributed by atoms with Gasteiger partial charge < -0.3 is 10.2 Å². The monoisotopic (exact) mass is 240 g/mol. The minimum atomic E-state index is -1.55. The van der Waals surface area contributed by atoms with Crippen molar-refractivity contribution in [3.8, 4) is 5.75 Å². The number of rotatable bonds is 0. The molecule has 6 nitrogen and oxygen atoms in total. The molecule has 2 aromatic rings. The lowest BCUT2D eigenvalue weighted by Gasteiger charge is -2.04. The topological polar surface area (TPSA) is 92.4 Å². The molecule has 0 aliphatic carbocycles. The first-order valence-corrected chi connectivity index (χ1v) is 4.53. The number of halogens is 1. The van der Waals surface area contributed by atoms with E-state index in [1.54, 1.807) is 0 Å². The highest BCUT2D eigenvalue weighted by Crippen LogP contribution is 2.20. The second kappa shape index (κ2) is 3.49. The molecule has 0 aliphatic heterocycles. The molecule has 7 heteroatoms. The van der Waals surface area contributed by atoms with Gasteiger partial charge in [-0.3, -0.25) is 4.79 Å². The molecule has 16 heavy (non-hydrogen) atoms. The van der Waals surface area contributed by atoms with Crippen molar-refractivity contribution in [2.24, 2.45) is 0 Å². The van der Waals surface area contributed by atoms with Gasteiger partial charge in [0.1, 0.15) is 11.1 Å². The zero-order chi connectivity index (χ0) is 11.9. The van der Waals surface area contributed by atoms with Gasteiger partial charge in [0.25, 0.3) is 5.56 Å². The first kappa shape index (κ1) is 10.4. The van der Waals surface area contributed by atoms with Crippen molar-refractivity contribution in [1.82, 2.24) is 9.55 Å². The van der Waals surface area contributed by atoms with Crippen LogP contribution < -0.4 is 5.56 Å². The molecule has 1 heterocycles.